The summed E-state index contributed by atoms with van der Waals surface area (Å²) in [4.78, 5) is 15.1. The number of ether oxygens (including phenoxy) is 2. The minimum Gasteiger partial charge on any atom is -0.497 e. The number of aromatic nitrogens is 2. The van der Waals surface area contributed by atoms with Gasteiger partial charge in [0.05, 0.1) is 27.3 Å². The van der Waals surface area contributed by atoms with Crippen LogP contribution in [0.15, 0.2) is 48.5 Å². The van der Waals surface area contributed by atoms with Gasteiger partial charge in [0.25, 0.3) is 5.91 Å². The smallest absolute Gasteiger partial charge is 0.256 e. The first-order valence-corrected chi connectivity index (χ1v) is 11.7. The van der Waals surface area contributed by atoms with Crippen molar-refractivity contribution in [3.8, 4) is 11.5 Å². The van der Waals surface area contributed by atoms with Crippen molar-refractivity contribution in [2.24, 2.45) is 0 Å². The van der Waals surface area contributed by atoms with E-state index in [0.29, 0.717) is 23.5 Å². The van der Waals surface area contributed by atoms with Gasteiger partial charge in [0.2, 0.25) is 0 Å². The van der Waals surface area contributed by atoms with Crippen molar-refractivity contribution < 1.29 is 19.6 Å². The van der Waals surface area contributed by atoms with Gasteiger partial charge in [-0.05, 0) is 68.7 Å². The largest absolute Gasteiger partial charge is 0.497 e. The van der Waals surface area contributed by atoms with Gasteiger partial charge in [-0.3, -0.25) is 9.89 Å². The minimum atomic E-state index is -0.171. The summed E-state index contributed by atoms with van der Waals surface area (Å²) in [5, 5.41) is 12.6. The van der Waals surface area contributed by atoms with Gasteiger partial charge in [-0.15, -0.1) is 0 Å². The minimum absolute atomic E-state index is 0.171. The quantitative estimate of drug-likeness (QED) is 0.476. The van der Waals surface area contributed by atoms with Gasteiger partial charge in [-0.2, -0.15) is 5.10 Å². The molecule has 1 aliphatic heterocycles. The van der Waals surface area contributed by atoms with Crippen LogP contribution >= 0.6 is 0 Å². The molecular formula is C26H34N5O3+. The number of aryl methyl sites for hydroxylation is 2. The molecule has 1 amide bonds. The topological polar surface area (TPSA) is 96.1 Å². The summed E-state index contributed by atoms with van der Waals surface area (Å²) in [7, 11) is 3.28. The van der Waals surface area contributed by atoms with E-state index in [1.54, 1.807) is 14.2 Å². The van der Waals surface area contributed by atoms with Crippen molar-refractivity contribution in [2.75, 3.05) is 37.5 Å². The molecule has 8 nitrogen and oxygen atoms in total. The van der Waals surface area contributed by atoms with E-state index in [-0.39, 0.29) is 5.91 Å². The number of nitrogens with one attached hydrogen (secondary N) is 2. The number of hydrogen-bond acceptors (Lipinski definition) is 5. The maximum atomic E-state index is 12.7. The number of hydrogen-bond donors (Lipinski definition) is 3. The number of rotatable bonds is 8. The van der Waals surface area contributed by atoms with Crippen LogP contribution in [0.25, 0.3) is 0 Å². The van der Waals surface area contributed by atoms with Crippen molar-refractivity contribution in [1.82, 2.24) is 10.2 Å². The molecule has 0 aliphatic carbocycles. The maximum Gasteiger partial charge on any atom is 0.256 e. The molecule has 8 heteroatoms. The van der Waals surface area contributed by atoms with Crippen molar-refractivity contribution >= 4 is 17.4 Å². The van der Waals surface area contributed by atoms with Crippen LogP contribution in [0.4, 0.5) is 11.5 Å². The molecule has 1 saturated heterocycles. The molecule has 0 spiro atoms. The third kappa shape index (κ3) is 5.88. The fourth-order valence-electron chi connectivity index (χ4n) is 4.52. The molecule has 2 aromatic carbocycles. The van der Waals surface area contributed by atoms with Gasteiger partial charge < -0.3 is 25.0 Å². The molecule has 3 aromatic rings. The Balaban J connectivity index is 1.33. The van der Waals surface area contributed by atoms with Crippen molar-refractivity contribution in [2.45, 2.75) is 38.8 Å². The van der Waals surface area contributed by atoms with Gasteiger partial charge in [-0.25, -0.2) is 0 Å². The van der Waals surface area contributed by atoms with Gasteiger partial charge >= 0.3 is 0 Å². The zero-order valence-corrected chi connectivity index (χ0v) is 20.3. The number of quaternary nitrogens is 1. The summed E-state index contributed by atoms with van der Waals surface area (Å²) in [6.07, 6.45) is 1.54. The Morgan fingerprint density at radius 2 is 1.68 bits per heavy atom. The molecule has 0 radical (unpaired) electrons. The van der Waals surface area contributed by atoms with Gasteiger partial charge in [0.1, 0.15) is 23.6 Å². The van der Waals surface area contributed by atoms with E-state index < -0.39 is 0 Å². The Labute approximate surface area is 200 Å². The number of carbonyl (C=O) groups is 1. The van der Waals surface area contributed by atoms with Crippen LogP contribution in [0.5, 0.6) is 11.5 Å². The highest BCUT2D eigenvalue weighted by Crippen LogP contribution is 2.24. The van der Waals surface area contributed by atoms with Crippen LogP contribution in [0.3, 0.4) is 0 Å². The lowest BCUT2D eigenvalue weighted by Gasteiger charge is -2.35. The van der Waals surface area contributed by atoms with Gasteiger partial charge in [-0.1, -0.05) is 0 Å². The Kier molecular flexibility index (Phi) is 7.37. The molecule has 4 rings (SSSR count). The number of piperazine rings is 1. The Hall–Kier alpha value is -3.52. The molecule has 4 N–H and O–H groups in total. The summed E-state index contributed by atoms with van der Waals surface area (Å²) < 4.78 is 10.7. The second-order valence-electron chi connectivity index (χ2n) is 9.05. The zero-order valence-electron chi connectivity index (χ0n) is 20.3. The first-order chi connectivity index (χ1) is 16.4. The summed E-state index contributed by atoms with van der Waals surface area (Å²) in [5.41, 5.74) is 3.81. The predicted octanol–water partition coefficient (Wildman–Crippen LogP) is 2.62. The van der Waals surface area contributed by atoms with E-state index in [2.05, 4.69) is 39.6 Å². The van der Waals surface area contributed by atoms with Crippen molar-refractivity contribution in [3.63, 3.8) is 0 Å². The van der Waals surface area contributed by atoms with Crippen LogP contribution in [-0.4, -0.2) is 55.5 Å². The molecule has 1 aromatic heterocycles. The Morgan fingerprint density at radius 1 is 1.03 bits per heavy atom. The monoisotopic (exact) mass is 464 g/mol. The van der Waals surface area contributed by atoms with E-state index in [4.69, 9.17) is 9.47 Å². The molecule has 0 saturated carbocycles. The summed E-state index contributed by atoms with van der Waals surface area (Å²) in [6.45, 7) is 6.51. The van der Waals surface area contributed by atoms with E-state index in [1.807, 2.05) is 48.5 Å². The molecule has 2 heterocycles. The Morgan fingerprint density at radius 3 is 2.29 bits per heavy atom. The van der Waals surface area contributed by atoms with E-state index >= 15 is 0 Å². The van der Waals surface area contributed by atoms with Crippen LogP contribution in [-0.2, 0) is 12.8 Å². The predicted molar refractivity (Wildman–Crippen MR) is 133 cm³/mol. The first kappa shape index (κ1) is 23.6. The lowest BCUT2D eigenvalue weighted by molar-refractivity contribution is -0.716. The average molecular weight is 465 g/mol. The maximum absolute atomic E-state index is 12.7. The molecule has 180 valence electrons. The molecule has 34 heavy (non-hydrogen) atoms. The van der Waals surface area contributed by atoms with E-state index in [0.717, 1.165) is 54.4 Å². The molecule has 2 atom stereocenters. The van der Waals surface area contributed by atoms with Crippen LogP contribution in [0, 0.1) is 0 Å². The number of nitrogens with zero attached hydrogens (tertiary/aromatic N) is 2. The number of carbonyl (C=O) groups excluding carboxylic acids is 1. The molecule has 1 aliphatic rings. The highest BCUT2D eigenvalue weighted by molar-refractivity contribution is 6.03. The Bertz CT molecular complexity index is 1080. The average Bonchev–Trinajstić information content (AvgIpc) is 3.29. The molecule has 0 unspecified atom stereocenters. The van der Waals surface area contributed by atoms with Crippen LogP contribution < -0.4 is 25.0 Å². The van der Waals surface area contributed by atoms with Crippen LogP contribution in [0.2, 0.25) is 0 Å². The van der Waals surface area contributed by atoms with E-state index in [1.165, 1.54) is 0 Å². The third-order valence-electron chi connectivity index (χ3n) is 6.14. The fraction of sp³-hybridized carbons (Fsp3) is 0.385. The fourth-order valence-corrected chi connectivity index (χ4v) is 4.52. The molecule has 0 bridgehead atoms. The number of methoxy groups -OCH3 is 2. The van der Waals surface area contributed by atoms with Crippen molar-refractivity contribution in [3.05, 3.63) is 65.4 Å². The number of amides is 1. The van der Waals surface area contributed by atoms with Gasteiger partial charge in [0.15, 0.2) is 5.82 Å². The number of anilines is 2. The molecular weight excluding hydrogens is 430 g/mol. The zero-order chi connectivity index (χ0) is 24.1. The lowest BCUT2D eigenvalue weighted by Crippen LogP contribution is -2.99. The lowest BCUT2D eigenvalue weighted by atomic mass is 10.1. The second-order valence-corrected chi connectivity index (χ2v) is 9.05. The highest BCUT2D eigenvalue weighted by atomic mass is 16.5. The summed E-state index contributed by atoms with van der Waals surface area (Å²) >= 11 is 0. The highest BCUT2D eigenvalue weighted by Gasteiger charge is 2.24. The van der Waals surface area contributed by atoms with Crippen molar-refractivity contribution in [1.29, 1.82) is 0 Å². The molecule has 1 fully saturated rings. The second kappa shape index (κ2) is 10.6. The van der Waals surface area contributed by atoms with Gasteiger partial charge in [0, 0.05) is 29.1 Å². The number of nitrogens with two attached hydrogens (primary N) is 1. The summed E-state index contributed by atoms with van der Waals surface area (Å²) in [6, 6.07) is 16.6. The normalized spacial score (nSPS) is 17.9. The van der Waals surface area contributed by atoms with E-state index in [9.17, 15) is 4.79 Å². The van der Waals surface area contributed by atoms with Crippen LogP contribution in [0.1, 0.15) is 35.5 Å². The number of H-pyrrole nitrogens is 1. The number of benzene rings is 2. The SMILES string of the molecule is COc1cc(CCc2cc(NC(=O)c3ccc(N4C[C@@H](C)[NH2+][C@@H](C)C4)cc3)n[nH]2)cc(OC)c1. The third-order valence-corrected chi connectivity index (χ3v) is 6.14. The summed E-state index contributed by atoms with van der Waals surface area (Å²) in [5.74, 6) is 1.87. The first-order valence-electron chi connectivity index (χ1n) is 11.7. The standard InChI is InChI=1S/C26H33N5O3/c1-17-15-31(16-18(2)27-17)22-9-6-20(7-10-22)26(32)28-25-13-21(29-30-25)8-5-19-11-23(33-3)14-24(12-19)34-4/h6-7,9-14,17-18,27H,5,8,15-16H2,1-4H3,(H2,28,29,30,32)/p+1/t17-,18+. The number of aromatic amines is 1.